The van der Waals surface area contributed by atoms with Gasteiger partial charge in [-0.2, -0.15) is 0 Å². The van der Waals surface area contributed by atoms with Gasteiger partial charge in [0.05, 0.1) is 0 Å². The van der Waals surface area contributed by atoms with Gasteiger partial charge in [-0.3, -0.25) is 0 Å². The number of hydrogen-bond donors (Lipinski definition) is 0. The fourth-order valence-corrected chi connectivity index (χ4v) is 2.58. The van der Waals surface area contributed by atoms with E-state index in [1.165, 1.54) is 0 Å². The minimum atomic E-state index is -6.73. The summed E-state index contributed by atoms with van der Waals surface area (Å²) in [5.74, 6) is 0. The van der Waals surface area contributed by atoms with Crippen molar-refractivity contribution in [1.82, 2.24) is 0 Å². The van der Waals surface area contributed by atoms with Crippen molar-refractivity contribution in [1.29, 1.82) is 0 Å². The van der Waals surface area contributed by atoms with Gasteiger partial charge >= 0.3 is 70.4 Å². The SMILES string of the molecule is O=[CH][Re]([CH]=O)([CH]=O)([CH]=O)([CH]=O)[CH]=O. The van der Waals surface area contributed by atoms with Crippen molar-refractivity contribution in [2.45, 2.75) is 0 Å². The van der Waals surface area contributed by atoms with Crippen LogP contribution < -0.4 is 0 Å². The van der Waals surface area contributed by atoms with E-state index >= 15 is 0 Å². The average Bonchev–Trinajstić information content (AvgIpc) is 2.26. The summed E-state index contributed by atoms with van der Waals surface area (Å²) >= 11 is -6.73. The number of carbonyl (C=O) groups is 6. The van der Waals surface area contributed by atoms with Gasteiger partial charge in [-0.15, -0.1) is 0 Å². The third-order valence-electron chi connectivity index (χ3n) is 1.54. The Morgan fingerprint density at radius 3 is 0.615 bits per heavy atom. The summed E-state index contributed by atoms with van der Waals surface area (Å²) in [6, 6.07) is 0. The van der Waals surface area contributed by atoms with Crippen LogP contribution in [0.25, 0.3) is 0 Å². The molecule has 0 unspecified atom stereocenters. The van der Waals surface area contributed by atoms with Gasteiger partial charge in [0, 0.05) is 0 Å². The van der Waals surface area contributed by atoms with Gasteiger partial charge in [-0.25, -0.2) is 0 Å². The molecule has 0 N–H and O–H groups in total. The molecule has 13 heavy (non-hydrogen) atoms. The molecule has 0 spiro atoms. The third-order valence-corrected chi connectivity index (χ3v) is 12.6. The molecule has 0 amide bonds. The van der Waals surface area contributed by atoms with E-state index in [0.29, 0.717) is 0 Å². The summed E-state index contributed by atoms with van der Waals surface area (Å²) in [6.07, 6.45) is 0. The molecule has 0 aliphatic carbocycles. The van der Waals surface area contributed by atoms with Gasteiger partial charge in [-0.05, 0) is 0 Å². The average molecular weight is 360 g/mol. The summed E-state index contributed by atoms with van der Waals surface area (Å²) in [7, 11) is 0. The molecule has 0 rings (SSSR count). The van der Waals surface area contributed by atoms with Crippen molar-refractivity contribution in [3.05, 3.63) is 0 Å². The maximum atomic E-state index is 10.6. The third kappa shape index (κ3) is 0.979. The number of rotatable bonds is 6. The molecule has 0 saturated heterocycles. The molecule has 0 aromatic rings. The molecule has 0 radical (unpaired) electrons. The normalized spacial score (nSPS) is 15.7. The van der Waals surface area contributed by atoms with E-state index in [9.17, 15) is 28.8 Å². The van der Waals surface area contributed by atoms with E-state index < -0.39 is 13.1 Å². The zero-order chi connectivity index (χ0) is 10.7. The van der Waals surface area contributed by atoms with Crippen LogP contribution in [-0.4, -0.2) is 28.6 Å². The zero-order valence-electron chi connectivity index (χ0n) is 6.29. The van der Waals surface area contributed by atoms with Crippen LogP contribution in [-0.2, 0) is 41.9 Å². The van der Waals surface area contributed by atoms with Gasteiger partial charge in [0.1, 0.15) is 0 Å². The van der Waals surface area contributed by atoms with Crippen LogP contribution in [0.5, 0.6) is 0 Å². The Morgan fingerprint density at radius 2 is 0.615 bits per heavy atom. The summed E-state index contributed by atoms with van der Waals surface area (Å²) < 4.78 is -2.32. The number of hydrogen-bond acceptors (Lipinski definition) is 6. The van der Waals surface area contributed by atoms with Crippen molar-refractivity contribution < 1.29 is 41.9 Å². The Morgan fingerprint density at radius 1 is 0.462 bits per heavy atom. The van der Waals surface area contributed by atoms with Crippen molar-refractivity contribution in [3.8, 4) is 0 Å². The van der Waals surface area contributed by atoms with Crippen LogP contribution in [0.1, 0.15) is 0 Å². The molecule has 0 aromatic carbocycles. The van der Waals surface area contributed by atoms with E-state index in [1.54, 1.807) is 0 Å². The van der Waals surface area contributed by atoms with Gasteiger partial charge in [0.25, 0.3) is 0 Å². The van der Waals surface area contributed by atoms with Crippen LogP contribution in [0, 0.1) is 0 Å². The van der Waals surface area contributed by atoms with Crippen LogP contribution in [0.3, 0.4) is 0 Å². The number of carbonyl (C=O) groups excluding carboxylic acids is 6. The molecular formula is C6H6O6Re. The standard InChI is InChI=1S/6CHO.Re/c6*1-2;/h6*1H;. The zero-order valence-corrected chi connectivity index (χ0v) is 9.01. The van der Waals surface area contributed by atoms with Gasteiger partial charge in [-0.1, -0.05) is 0 Å². The predicted octanol–water partition coefficient (Wildman–Crippen LogP) is -1.65. The van der Waals surface area contributed by atoms with Crippen LogP contribution in [0.4, 0.5) is 0 Å². The molecular weight excluding hydrogens is 354 g/mol. The topological polar surface area (TPSA) is 102 Å². The fraction of sp³-hybridized carbons (Fsp3) is 0. The fourth-order valence-electron chi connectivity index (χ4n) is 0.315. The molecule has 0 atom stereocenters. The molecule has 7 heteroatoms. The molecule has 73 valence electrons. The summed E-state index contributed by atoms with van der Waals surface area (Å²) in [6.45, 7) is 0. The molecule has 0 aliphatic heterocycles. The molecule has 0 bridgehead atoms. The van der Waals surface area contributed by atoms with E-state index in [-0.39, 0.29) is 28.6 Å². The molecule has 0 heterocycles. The van der Waals surface area contributed by atoms with Gasteiger partial charge in [0.2, 0.25) is 0 Å². The van der Waals surface area contributed by atoms with Crippen LogP contribution in [0.2, 0.25) is 0 Å². The summed E-state index contributed by atoms with van der Waals surface area (Å²) in [5.41, 5.74) is 0. The Balaban J connectivity index is 6.50. The molecule has 0 saturated carbocycles. The first-order chi connectivity index (χ1) is 5.97. The van der Waals surface area contributed by atoms with Crippen LogP contribution in [0.15, 0.2) is 0 Å². The van der Waals surface area contributed by atoms with E-state index in [0.717, 1.165) is 0 Å². The first-order valence-electron chi connectivity index (χ1n) is 2.72. The van der Waals surface area contributed by atoms with E-state index in [4.69, 9.17) is 0 Å². The second-order valence-electron chi connectivity index (χ2n) is 2.42. The minimum absolute atomic E-state index is 0.387. The van der Waals surface area contributed by atoms with E-state index in [1.807, 2.05) is 0 Å². The maximum absolute atomic E-state index is 10.6. The second-order valence-corrected chi connectivity index (χ2v) is 19.8. The van der Waals surface area contributed by atoms with Gasteiger partial charge in [0.15, 0.2) is 0 Å². The molecule has 0 aliphatic rings. The van der Waals surface area contributed by atoms with Crippen molar-refractivity contribution in [3.63, 3.8) is 0 Å². The Kier molecular flexibility index (Phi) is 2.32. The van der Waals surface area contributed by atoms with Crippen molar-refractivity contribution >= 4 is 28.6 Å². The summed E-state index contributed by atoms with van der Waals surface area (Å²) in [5, 5.41) is 0. The Bertz CT molecular complexity index is 233. The Labute approximate surface area is 70.8 Å². The predicted molar refractivity (Wildman–Crippen MR) is 40.5 cm³/mol. The molecule has 6 nitrogen and oxygen atoms in total. The summed E-state index contributed by atoms with van der Waals surface area (Å²) in [4.78, 5) is 63.3. The first-order valence-corrected chi connectivity index (χ1v) is 12.1. The quantitative estimate of drug-likeness (QED) is 0.526. The van der Waals surface area contributed by atoms with Crippen LogP contribution >= 0.6 is 0 Å². The van der Waals surface area contributed by atoms with Crippen molar-refractivity contribution in [2.75, 3.05) is 0 Å². The second kappa shape index (κ2) is 2.59. The van der Waals surface area contributed by atoms with E-state index in [2.05, 4.69) is 0 Å². The van der Waals surface area contributed by atoms with Gasteiger partial charge < -0.3 is 0 Å². The van der Waals surface area contributed by atoms with Crippen molar-refractivity contribution in [2.24, 2.45) is 0 Å². The molecule has 0 aromatic heterocycles. The monoisotopic (exact) mass is 361 g/mol. The molecule has 0 fully saturated rings. The Hall–Kier alpha value is -1.32. The first kappa shape index (κ1) is 11.7.